The van der Waals surface area contributed by atoms with Crippen molar-refractivity contribution in [2.45, 2.75) is 13.1 Å². The van der Waals surface area contributed by atoms with Gasteiger partial charge in [-0.1, -0.05) is 0 Å². The molecule has 0 aromatic heterocycles. The fraction of sp³-hybridized carbons (Fsp3) is 0.226. The summed E-state index contributed by atoms with van der Waals surface area (Å²) in [6.07, 6.45) is 0. The van der Waals surface area contributed by atoms with Crippen LogP contribution in [0.25, 0.3) is 0 Å². The van der Waals surface area contributed by atoms with Crippen LogP contribution in [0.1, 0.15) is 11.1 Å². The first kappa shape index (κ1) is 49.7. The molecule has 0 heterocycles. The molecule has 4 aromatic rings. The first-order chi connectivity index (χ1) is 21.1. The van der Waals surface area contributed by atoms with Crippen LogP contribution in [-0.4, -0.2) is 69.5 Å². The summed E-state index contributed by atoms with van der Waals surface area (Å²) in [4.78, 5) is 4.26. The van der Waals surface area contributed by atoms with E-state index < -0.39 is 58.2 Å². The quantitative estimate of drug-likeness (QED) is 0.0506. The molecule has 2 radical (unpaired) electrons. The Labute approximate surface area is 312 Å². The topological polar surface area (TPSA) is 6.48 Å². The van der Waals surface area contributed by atoms with E-state index in [4.69, 9.17) is 23.2 Å². The molecule has 0 saturated carbocycles. The van der Waals surface area contributed by atoms with E-state index in [9.17, 15) is 43.9 Å². The molecule has 0 unspecified atom stereocenters. The first-order valence-corrected chi connectivity index (χ1v) is 13.3. The summed E-state index contributed by atoms with van der Waals surface area (Å²) in [6, 6.07) is 24.5. The van der Waals surface area contributed by atoms with Crippen LogP contribution in [0.2, 0.25) is 0 Å². The average molecular weight is 1090 g/mol. The zero-order valence-corrected chi connectivity index (χ0v) is 32.1. The van der Waals surface area contributed by atoms with Gasteiger partial charge in [0.05, 0.1) is 63.5 Å². The van der Waals surface area contributed by atoms with E-state index in [1.54, 1.807) is 0 Å². The molecule has 260 valence electrons. The van der Waals surface area contributed by atoms with E-state index in [1.807, 2.05) is 36.4 Å². The predicted octanol–water partition coefficient (Wildman–Crippen LogP) is 8.50. The molecule has 0 atom stereocenters. The first-order valence-electron chi connectivity index (χ1n) is 12.2. The van der Waals surface area contributed by atoms with Crippen LogP contribution in [0.15, 0.2) is 48.5 Å². The van der Waals surface area contributed by atoms with Crippen LogP contribution >= 0.6 is 23.2 Å². The number of rotatable bonds is 4. The van der Waals surface area contributed by atoms with E-state index >= 15 is 0 Å². The van der Waals surface area contributed by atoms with E-state index in [-0.39, 0.29) is 53.9 Å². The van der Waals surface area contributed by atoms with Crippen molar-refractivity contribution >= 4 is 49.4 Å². The van der Waals surface area contributed by atoms with Gasteiger partial charge < -0.3 is 9.80 Å². The van der Waals surface area contributed by atoms with Gasteiger partial charge >= 0.3 is 48.6 Å². The van der Waals surface area contributed by atoms with E-state index in [0.29, 0.717) is 0 Å². The summed E-state index contributed by atoms with van der Waals surface area (Å²) in [5, 5.41) is 0.194. The van der Waals surface area contributed by atoms with Crippen LogP contribution < -0.4 is 0 Å². The van der Waals surface area contributed by atoms with Crippen LogP contribution in [0, 0.1) is 82.4 Å². The van der Waals surface area contributed by atoms with Crippen molar-refractivity contribution in [3.63, 3.8) is 0 Å². The van der Waals surface area contributed by atoms with Crippen molar-refractivity contribution < 1.29 is 66.3 Å². The van der Waals surface area contributed by atoms with Gasteiger partial charge in [0.2, 0.25) is 0 Å². The fourth-order valence-corrected chi connectivity index (χ4v) is 2.73. The molecule has 2 nitrogen and oxygen atoms in total. The molecule has 16 heteroatoms. The number of benzene rings is 4. The van der Waals surface area contributed by atoms with Gasteiger partial charge in [-0.05, 0) is 28.2 Å². The van der Waals surface area contributed by atoms with Gasteiger partial charge in [-0.15, -0.1) is 46.5 Å². The van der Waals surface area contributed by atoms with Crippen molar-refractivity contribution in [1.29, 1.82) is 0 Å². The largest absolute Gasteiger partial charge is 3.00 e. The van der Waals surface area contributed by atoms with Crippen molar-refractivity contribution in [3.05, 3.63) is 142 Å². The van der Waals surface area contributed by atoms with Gasteiger partial charge in [-0.3, -0.25) is 17.6 Å². The molecule has 0 amide bonds. The summed E-state index contributed by atoms with van der Waals surface area (Å²) < 4.78 is 120. The van der Waals surface area contributed by atoms with Gasteiger partial charge in [-0.25, -0.2) is 26.3 Å². The van der Waals surface area contributed by atoms with Crippen molar-refractivity contribution in [3.8, 4) is 0 Å². The summed E-state index contributed by atoms with van der Waals surface area (Å²) in [5.74, 6) is -20.1. The van der Waals surface area contributed by atoms with E-state index in [1.165, 1.54) is 11.1 Å². The molecule has 0 saturated heterocycles. The van der Waals surface area contributed by atoms with Gasteiger partial charge in [0.25, 0.3) is 0 Å². The molecule has 4 rings (SSSR count). The summed E-state index contributed by atoms with van der Waals surface area (Å²) in [6.45, 7) is 1.95. The van der Waals surface area contributed by atoms with Crippen LogP contribution in [0.5, 0.6) is 0 Å². The molecule has 4 aromatic carbocycles. The molecule has 0 fully saturated rings. The Morgan fingerprint density at radius 1 is 0.511 bits per heavy atom. The van der Waals surface area contributed by atoms with Crippen molar-refractivity contribution in [1.82, 2.24) is 9.80 Å². The molecule has 0 aliphatic heterocycles. The third kappa shape index (κ3) is 20.4. The zero-order chi connectivity index (χ0) is 34.7. The third-order valence-electron chi connectivity index (χ3n) is 4.50. The third-order valence-corrected chi connectivity index (χ3v) is 4.50. The smallest absolute Gasteiger partial charge is 0.307 e. The minimum Gasteiger partial charge on any atom is -0.307 e. The molecule has 0 spiro atoms. The molecule has 0 aliphatic rings. The van der Waals surface area contributed by atoms with Gasteiger partial charge in [-0.2, -0.15) is 60.7 Å². The maximum Gasteiger partial charge on any atom is 3.00 e. The average Bonchev–Trinajstić information content (AvgIpc) is 2.99. The van der Waals surface area contributed by atoms with E-state index in [2.05, 4.69) is 62.3 Å². The normalized spacial score (nSPS) is 9.57. The van der Waals surface area contributed by atoms with Crippen molar-refractivity contribution in [2.75, 3.05) is 33.5 Å². The van der Waals surface area contributed by atoms with Crippen LogP contribution in [-0.2, 0) is 35.5 Å². The summed E-state index contributed by atoms with van der Waals surface area (Å²) in [7, 11) is 8.23. The monoisotopic (exact) mass is 1090 g/mol. The Balaban J connectivity index is -0.000000527. The second-order valence-electron chi connectivity index (χ2n) is 8.74. The Morgan fingerprint density at radius 3 is 0.957 bits per heavy atom. The van der Waals surface area contributed by atoms with Gasteiger partial charge in [0.15, 0.2) is 0 Å². The maximum atomic E-state index is 12.0. The molecule has 0 aliphatic carbocycles. The second-order valence-corrected chi connectivity index (χ2v) is 9.55. The Hall–Kier alpha value is -1.70. The molecular weight excluding hydrogens is 1070 g/mol. The Kier molecular flexibility index (Phi) is 28.7. The van der Waals surface area contributed by atoms with Crippen molar-refractivity contribution in [2.24, 2.45) is 0 Å². The molecule has 0 bridgehead atoms. The molecule has 0 N–H and O–H groups in total. The number of hydrogen-bond donors (Lipinski definition) is 0. The van der Waals surface area contributed by atoms with Crippen LogP contribution in [0.4, 0.5) is 43.9 Å². The maximum absolute atomic E-state index is 12.0. The number of alkyl halides is 2. The minimum absolute atomic E-state index is 0. The Bertz CT molecular complexity index is 1270. The van der Waals surface area contributed by atoms with Gasteiger partial charge in [0.1, 0.15) is 0 Å². The van der Waals surface area contributed by atoms with Crippen LogP contribution in [0.3, 0.4) is 0 Å². The van der Waals surface area contributed by atoms with E-state index in [0.717, 1.165) is 25.2 Å². The Morgan fingerprint density at radius 2 is 0.766 bits per heavy atom. The fourth-order valence-electron chi connectivity index (χ4n) is 2.73. The summed E-state index contributed by atoms with van der Waals surface area (Å²) in [5.41, 5.74) is 2.49. The minimum atomic E-state index is -2.17. The molecular formula is C31H26AuBiCl2F10N2. The predicted molar refractivity (Wildman–Crippen MR) is 158 cm³/mol. The summed E-state index contributed by atoms with van der Waals surface area (Å²) >= 11 is 9.53. The SMILES string of the molecule is CN(C)Cc1[c-]cccc1.CN(C)Cc1[c-]cccc1.ClCCl.Fc1[c-]c(F)c(F)c(F)c1F.Fc1[c-]c(F)c(F)c(F)c1F.[Au+].[Bi+3]. The number of hydrogen-bond acceptors (Lipinski definition) is 2. The number of nitrogens with zero attached hydrogens (tertiary/aromatic N) is 2. The molecule has 47 heavy (non-hydrogen) atoms. The standard InChI is InChI=1S/2C9H12N.2C6F5.CH2Cl2.Au.Bi/c2*1-10(2)8-9-6-4-3-5-7-9;2*7-2-1-3(8)5(10)6(11)4(2)9;2-1-3;;/h2*3-6H,8H2,1-2H3;;;1H2;;/q4*-1;;+1;+3. The zero-order valence-electron chi connectivity index (χ0n) is 24.9. The van der Waals surface area contributed by atoms with Gasteiger partial charge in [0, 0.05) is 13.1 Å². The second kappa shape index (κ2) is 27.2. The number of halogens is 12.